The number of carbonyl (C=O) groups is 1. The number of carbonyl (C=O) groups excluding carboxylic acids is 1. The number of nitrogens with zero attached hydrogens (tertiary/aromatic N) is 1. The Bertz CT molecular complexity index is 531. The molecule has 2 N–H and O–H groups in total. The summed E-state index contributed by atoms with van der Waals surface area (Å²) < 4.78 is 0. The van der Waals surface area contributed by atoms with E-state index < -0.39 is 5.60 Å². The van der Waals surface area contributed by atoms with Crippen LogP contribution < -0.4 is 5.32 Å². The minimum absolute atomic E-state index is 0.139. The number of hydrogen-bond donors (Lipinski definition) is 2. The van der Waals surface area contributed by atoms with E-state index in [0.29, 0.717) is 18.9 Å². The monoisotopic (exact) mass is 334 g/mol. The molecule has 0 aliphatic carbocycles. The molecule has 4 nitrogen and oxygen atoms in total. The summed E-state index contributed by atoms with van der Waals surface area (Å²) in [6.45, 7) is 3.98. The number of nitrogens with one attached hydrogen (secondary N) is 1. The highest BCUT2D eigenvalue weighted by atomic mass is 32.2. The lowest BCUT2D eigenvalue weighted by molar-refractivity contribution is -0.141. The van der Waals surface area contributed by atoms with Crippen LogP contribution in [0, 0.1) is 0 Å². The largest absolute Gasteiger partial charge is 0.380 e. The Morgan fingerprint density at radius 3 is 2.74 bits per heavy atom. The molecule has 2 heterocycles. The molecule has 0 radical (unpaired) electrons. The molecule has 2 aliphatic rings. The molecule has 5 heteroatoms. The van der Waals surface area contributed by atoms with E-state index in [1.54, 1.807) is 0 Å². The lowest BCUT2D eigenvalue weighted by atomic mass is 9.95. The summed E-state index contributed by atoms with van der Waals surface area (Å²) in [6, 6.07) is 11.0. The Morgan fingerprint density at radius 2 is 2.04 bits per heavy atom. The van der Waals surface area contributed by atoms with Gasteiger partial charge in [-0.25, -0.2) is 0 Å². The number of aliphatic hydroxyl groups is 1. The van der Waals surface area contributed by atoms with E-state index in [0.717, 1.165) is 31.0 Å². The van der Waals surface area contributed by atoms with Crippen LogP contribution in [0.15, 0.2) is 30.3 Å². The van der Waals surface area contributed by atoms with Crippen molar-refractivity contribution in [2.45, 2.75) is 50.4 Å². The molecule has 1 amide bonds. The smallest absolute Gasteiger partial charge is 0.252 e. The minimum Gasteiger partial charge on any atom is -0.380 e. The highest BCUT2D eigenvalue weighted by molar-refractivity contribution is 7.99. The summed E-state index contributed by atoms with van der Waals surface area (Å²) in [5, 5.41) is 13.6. The fourth-order valence-electron chi connectivity index (χ4n) is 3.50. The molecule has 0 aromatic heterocycles. The van der Waals surface area contributed by atoms with Crippen LogP contribution in [-0.2, 0) is 11.3 Å². The van der Waals surface area contributed by atoms with E-state index in [2.05, 4.69) is 41.4 Å². The van der Waals surface area contributed by atoms with E-state index in [1.807, 2.05) is 17.8 Å². The van der Waals surface area contributed by atoms with Gasteiger partial charge in [-0.1, -0.05) is 30.3 Å². The molecule has 2 fully saturated rings. The zero-order chi connectivity index (χ0) is 16.3. The molecule has 0 bridgehead atoms. The van der Waals surface area contributed by atoms with Crippen molar-refractivity contribution >= 4 is 17.7 Å². The standard InChI is InChI=1S/C18H26N2O2S/c1-14-11-16(13-20(14)12-15-5-3-2-4-6-15)19-17(21)18(22)7-9-23-10-8-18/h2-6,14,16,22H,7-13H2,1H3,(H,19,21). The molecule has 1 aromatic carbocycles. The number of benzene rings is 1. The highest BCUT2D eigenvalue weighted by Crippen LogP contribution is 2.28. The summed E-state index contributed by atoms with van der Waals surface area (Å²) in [5.41, 5.74) is 0.149. The van der Waals surface area contributed by atoms with Gasteiger partial charge < -0.3 is 10.4 Å². The Kier molecular flexibility index (Phi) is 5.29. The van der Waals surface area contributed by atoms with Crippen molar-refractivity contribution in [1.29, 1.82) is 0 Å². The van der Waals surface area contributed by atoms with Crippen LogP contribution in [0.1, 0.15) is 31.7 Å². The molecule has 2 atom stereocenters. The maximum absolute atomic E-state index is 12.5. The summed E-state index contributed by atoms with van der Waals surface area (Å²) in [6.07, 6.45) is 2.09. The Balaban J connectivity index is 1.55. The van der Waals surface area contributed by atoms with Gasteiger partial charge in [0.25, 0.3) is 5.91 Å². The summed E-state index contributed by atoms with van der Waals surface area (Å²) >= 11 is 1.81. The van der Waals surface area contributed by atoms with Gasteiger partial charge in [-0.05, 0) is 43.3 Å². The fourth-order valence-corrected chi connectivity index (χ4v) is 4.67. The van der Waals surface area contributed by atoms with Crippen molar-refractivity contribution in [3.05, 3.63) is 35.9 Å². The first-order chi connectivity index (χ1) is 11.1. The van der Waals surface area contributed by atoms with E-state index in [-0.39, 0.29) is 11.9 Å². The van der Waals surface area contributed by atoms with Crippen LogP contribution in [0.2, 0.25) is 0 Å². The van der Waals surface area contributed by atoms with Crippen LogP contribution in [0.3, 0.4) is 0 Å². The van der Waals surface area contributed by atoms with Crippen LogP contribution >= 0.6 is 11.8 Å². The van der Waals surface area contributed by atoms with E-state index >= 15 is 0 Å². The second-order valence-corrected chi connectivity index (χ2v) is 8.04. The maximum Gasteiger partial charge on any atom is 0.252 e. The third kappa shape index (κ3) is 4.08. The normalized spacial score (nSPS) is 27.7. The van der Waals surface area contributed by atoms with Crippen LogP contribution in [0.25, 0.3) is 0 Å². The van der Waals surface area contributed by atoms with Crippen molar-refractivity contribution in [1.82, 2.24) is 10.2 Å². The quantitative estimate of drug-likeness (QED) is 0.885. The maximum atomic E-state index is 12.5. The van der Waals surface area contributed by atoms with Gasteiger partial charge in [-0.3, -0.25) is 9.69 Å². The third-order valence-electron chi connectivity index (χ3n) is 5.01. The number of rotatable bonds is 4. The number of thioether (sulfide) groups is 1. The SMILES string of the molecule is CC1CC(NC(=O)C2(O)CCSCC2)CN1Cc1ccccc1. The molecule has 2 aliphatic heterocycles. The van der Waals surface area contributed by atoms with Gasteiger partial charge in [-0.15, -0.1) is 0 Å². The summed E-state index contributed by atoms with van der Waals surface area (Å²) in [5.74, 6) is 1.56. The first-order valence-electron chi connectivity index (χ1n) is 8.46. The zero-order valence-corrected chi connectivity index (χ0v) is 14.5. The Hall–Kier alpha value is -1.04. The lowest BCUT2D eigenvalue weighted by Crippen LogP contribution is -2.52. The first-order valence-corrected chi connectivity index (χ1v) is 9.61. The molecule has 23 heavy (non-hydrogen) atoms. The van der Waals surface area contributed by atoms with Crippen molar-refractivity contribution in [3.8, 4) is 0 Å². The van der Waals surface area contributed by atoms with Gasteiger partial charge in [-0.2, -0.15) is 11.8 Å². The van der Waals surface area contributed by atoms with Crippen molar-refractivity contribution in [2.75, 3.05) is 18.1 Å². The average Bonchev–Trinajstić information content (AvgIpc) is 2.88. The highest BCUT2D eigenvalue weighted by Gasteiger charge is 2.40. The number of likely N-dealkylation sites (tertiary alicyclic amines) is 1. The molecule has 0 saturated carbocycles. The van der Waals surface area contributed by atoms with Crippen molar-refractivity contribution in [3.63, 3.8) is 0 Å². The predicted molar refractivity (Wildman–Crippen MR) is 94.4 cm³/mol. The van der Waals surface area contributed by atoms with E-state index in [9.17, 15) is 9.90 Å². The Labute approximate surface area is 142 Å². The number of amides is 1. The van der Waals surface area contributed by atoms with E-state index in [4.69, 9.17) is 0 Å². The summed E-state index contributed by atoms with van der Waals surface area (Å²) in [7, 11) is 0. The van der Waals surface area contributed by atoms with Crippen molar-refractivity contribution < 1.29 is 9.90 Å². The second-order valence-electron chi connectivity index (χ2n) is 6.81. The van der Waals surface area contributed by atoms with E-state index in [1.165, 1.54) is 5.56 Å². The topological polar surface area (TPSA) is 52.6 Å². The van der Waals surface area contributed by atoms with Gasteiger partial charge in [0.05, 0.1) is 0 Å². The van der Waals surface area contributed by atoms with Gasteiger partial charge in [0.15, 0.2) is 0 Å². The van der Waals surface area contributed by atoms with Crippen molar-refractivity contribution in [2.24, 2.45) is 0 Å². The van der Waals surface area contributed by atoms with Gasteiger partial charge in [0.1, 0.15) is 5.60 Å². The summed E-state index contributed by atoms with van der Waals surface area (Å²) in [4.78, 5) is 14.9. The number of hydrogen-bond acceptors (Lipinski definition) is 4. The molecular formula is C18H26N2O2S. The van der Waals surface area contributed by atoms with Crippen LogP contribution in [-0.4, -0.2) is 51.6 Å². The molecule has 3 rings (SSSR count). The average molecular weight is 334 g/mol. The van der Waals surface area contributed by atoms with Gasteiger partial charge >= 0.3 is 0 Å². The fraction of sp³-hybridized carbons (Fsp3) is 0.611. The van der Waals surface area contributed by atoms with Crippen LogP contribution in [0.4, 0.5) is 0 Å². The Morgan fingerprint density at radius 1 is 1.35 bits per heavy atom. The molecule has 2 saturated heterocycles. The minimum atomic E-state index is -1.15. The first kappa shape index (κ1) is 16.8. The lowest BCUT2D eigenvalue weighted by Gasteiger charge is -2.31. The predicted octanol–water partition coefficient (Wildman–Crippen LogP) is 2.02. The van der Waals surface area contributed by atoms with Gasteiger partial charge in [0.2, 0.25) is 0 Å². The third-order valence-corrected chi connectivity index (χ3v) is 6.00. The molecule has 0 spiro atoms. The van der Waals surface area contributed by atoms with Crippen LogP contribution in [0.5, 0.6) is 0 Å². The molecular weight excluding hydrogens is 308 g/mol. The zero-order valence-electron chi connectivity index (χ0n) is 13.7. The molecule has 2 unspecified atom stereocenters. The molecule has 126 valence electrons. The second kappa shape index (κ2) is 7.24. The van der Waals surface area contributed by atoms with Gasteiger partial charge in [0, 0.05) is 25.2 Å². The molecule has 1 aromatic rings.